The molecule has 1 N–H and O–H groups in total. The van der Waals surface area contributed by atoms with E-state index in [0.29, 0.717) is 24.6 Å². The summed E-state index contributed by atoms with van der Waals surface area (Å²) in [6.45, 7) is 1.91. The summed E-state index contributed by atoms with van der Waals surface area (Å²) in [5.74, 6) is 0.163. The predicted molar refractivity (Wildman–Crippen MR) is 39.6 cm³/mol. The van der Waals surface area contributed by atoms with Crippen LogP contribution in [0.15, 0.2) is 4.52 Å². The van der Waals surface area contributed by atoms with Gasteiger partial charge in [-0.25, -0.2) is 0 Å². The summed E-state index contributed by atoms with van der Waals surface area (Å²) in [5.41, 5.74) is 0. The maximum atomic E-state index is 10.2. The van der Waals surface area contributed by atoms with Gasteiger partial charge in [0.25, 0.3) is 0 Å². The van der Waals surface area contributed by atoms with Crippen molar-refractivity contribution in [2.45, 2.75) is 26.2 Å². The van der Waals surface area contributed by atoms with Crippen LogP contribution < -0.4 is 0 Å². The highest BCUT2D eigenvalue weighted by Crippen LogP contribution is 2.00. The number of carboxylic acid groups (broad SMARTS) is 1. The fraction of sp³-hybridized carbons (Fsp3) is 0.571. The fourth-order valence-electron chi connectivity index (χ4n) is 0.749. The first-order chi connectivity index (χ1) is 5.72. The Bertz CT molecular complexity index is 269. The second-order valence-electron chi connectivity index (χ2n) is 2.35. The highest BCUT2D eigenvalue weighted by Gasteiger charge is 2.06. The number of hydrogen-bond donors (Lipinski definition) is 1. The molecule has 0 radical (unpaired) electrons. The monoisotopic (exact) mass is 170 g/mol. The molecule has 1 rings (SSSR count). The lowest BCUT2D eigenvalue weighted by atomic mass is 10.3. The summed E-state index contributed by atoms with van der Waals surface area (Å²) in [6.07, 6.45) is 1.05. The van der Waals surface area contributed by atoms with Gasteiger partial charge in [0.1, 0.15) is 0 Å². The Labute approximate surface area is 69.4 Å². The number of hydrogen-bond acceptors (Lipinski definition) is 4. The first-order valence-electron chi connectivity index (χ1n) is 3.75. The molecule has 5 heteroatoms. The van der Waals surface area contributed by atoms with Crippen LogP contribution in [0.2, 0.25) is 0 Å². The Morgan fingerprint density at radius 1 is 1.67 bits per heavy atom. The highest BCUT2D eigenvalue weighted by atomic mass is 16.5. The number of aromatic nitrogens is 2. The molecule has 0 spiro atoms. The smallest absolute Gasteiger partial charge is 0.303 e. The summed E-state index contributed by atoms with van der Waals surface area (Å²) in [7, 11) is 0. The lowest BCUT2D eigenvalue weighted by Gasteiger charge is -1.86. The highest BCUT2D eigenvalue weighted by molar-refractivity contribution is 5.66. The van der Waals surface area contributed by atoms with Crippen LogP contribution in [0.3, 0.4) is 0 Å². The molecule has 0 fully saturated rings. The van der Waals surface area contributed by atoms with Crippen LogP contribution >= 0.6 is 0 Å². The lowest BCUT2D eigenvalue weighted by molar-refractivity contribution is -0.137. The molecule has 5 nitrogen and oxygen atoms in total. The third kappa shape index (κ3) is 2.34. The van der Waals surface area contributed by atoms with Crippen molar-refractivity contribution in [1.82, 2.24) is 10.1 Å². The van der Waals surface area contributed by atoms with Gasteiger partial charge < -0.3 is 9.63 Å². The van der Waals surface area contributed by atoms with Crippen LogP contribution in [-0.4, -0.2) is 21.2 Å². The third-order valence-corrected chi connectivity index (χ3v) is 1.38. The molecule has 0 aromatic carbocycles. The molecule has 0 atom stereocenters. The van der Waals surface area contributed by atoms with Gasteiger partial charge in [-0.15, -0.1) is 0 Å². The van der Waals surface area contributed by atoms with E-state index in [0.717, 1.165) is 0 Å². The number of carbonyl (C=O) groups is 1. The normalized spacial score (nSPS) is 10.1. The SMILES string of the molecule is CCc1noc(CCC(=O)O)n1. The molecule has 1 heterocycles. The van der Waals surface area contributed by atoms with Gasteiger partial charge in [0.05, 0.1) is 6.42 Å². The fourth-order valence-corrected chi connectivity index (χ4v) is 0.749. The summed E-state index contributed by atoms with van der Waals surface area (Å²) in [6, 6.07) is 0. The molecule has 12 heavy (non-hydrogen) atoms. The number of carboxylic acids is 1. The van der Waals surface area contributed by atoms with Gasteiger partial charge >= 0.3 is 5.97 Å². The molecular weight excluding hydrogens is 160 g/mol. The van der Waals surface area contributed by atoms with E-state index in [1.54, 1.807) is 0 Å². The van der Waals surface area contributed by atoms with Crippen molar-refractivity contribution in [2.75, 3.05) is 0 Å². The van der Waals surface area contributed by atoms with Crippen LogP contribution in [0.5, 0.6) is 0 Å². The number of aryl methyl sites for hydroxylation is 2. The van der Waals surface area contributed by atoms with Crippen LogP contribution in [0.1, 0.15) is 25.1 Å². The quantitative estimate of drug-likeness (QED) is 0.717. The van der Waals surface area contributed by atoms with E-state index in [9.17, 15) is 4.79 Å². The summed E-state index contributed by atoms with van der Waals surface area (Å²) < 4.78 is 4.78. The number of nitrogens with zero attached hydrogens (tertiary/aromatic N) is 2. The van der Waals surface area contributed by atoms with E-state index < -0.39 is 5.97 Å². The van der Waals surface area contributed by atoms with Crippen LogP contribution in [0.4, 0.5) is 0 Å². The molecule has 0 amide bonds. The molecule has 0 aliphatic rings. The van der Waals surface area contributed by atoms with Gasteiger partial charge in [0.2, 0.25) is 5.89 Å². The Morgan fingerprint density at radius 3 is 2.92 bits per heavy atom. The van der Waals surface area contributed by atoms with Crippen molar-refractivity contribution in [3.63, 3.8) is 0 Å². The summed E-state index contributed by atoms with van der Waals surface area (Å²) >= 11 is 0. The predicted octanol–water partition coefficient (Wildman–Crippen LogP) is 0.649. The van der Waals surface area contributed by atoms with Crippen molar-refractivity contribution in [3.8, 4) is 0 Å². The Hall–Kier alpha value is -1.39. The van der Waals surface area contributed by atoms with Gasteiger partial charge in [-0.05, 0) is 0 Å². The minimum absolute atomic E-state index is 0.0331. The third-order valence-electron chi connectivity index (χ3n) is 1.38. The molecule has 0 bridgehead atoms. The molecule has 1 aromatic heterocycles. The van der Waals surface area contributed by atoms with E-state index in [1.807, 2.05) is 6.92 Å². The first-order valence-corrected chi connectivity index (χ1v) is 3.75. The Kier molecular flexibility index (Phi) is 2.79. The van der Waals surface area contributed by atoms with Crippen molar-refractivity contribution >= 4 is 5.97 Å². The molecule has 0 saturated carbocycles. The van der Waals surface area contributed by atoms with Crippen LogP contribution in [-0.2, 0) is 17.6 Å². The van der Waals surface area contributed by atoms with Gasteiger partial charge in [-0.3, -0.25) is 4.79 Å². The van der Waals surface area contributed by atoms with E-state index >= 15 is 0 Å². The van der Waals surface area contributed by atoms with E-state index in [4.69, 9.17) is 9.63 Å². The zero-order valence-corrected chi connectivity index (χ0v) is 6.78. The molecule has 0 aliphatic heterocycles. The zero-order chi connectivity index (χ0) is 8.97. The van der Waals surface area contributed by atoms with Crippen molar-refractivity contribution < 1.29 is 14.4 Å². The van der Waals surface area contributed by atoms with Gasteiger partial charge in [0, 0.05) is 12.8 Å². The minimum atomic E-state index is -0.855. The van der Waals surface area contributed by atoms with E-state index in [1.165, 1.54) is 0 Å². The Morgan fingerprint density at radius 2 is 2.42 bits per heavy atom. The number of rotatable bonds is 4. The molecule has 0 aliphatic carbocycles. The summed E-state index contributed by atoms with van der Waals surface area (Å²) in [5, 5.41) is 12.0. The van der Waals surface area contributed by atoms with Crippen LogP contribution in [0.25, 0.3) is 0 Å². The minimum Gasteiger partial charge on any atom is -0.481 e. The standard InChI is InChI=1S/C7H10N2O3/c1-2-5-8-6(12-9-5)3-4-7(10)11/h2-4H2,1H3,(H,10,11). The molecule has 0 saturated heterocycles. The van der Waals surface area contributed by atoms with Gasteiger partial charge in [-0.1, -0.05) is 12.1 Å². The Balaban J connectivity index is 2.47. The largest absolute Gasteiger partial charge is 0.481 e. The first kappa shape index (κ1) is 8.70. The maximum Gasteiger partial charge on any atom is 0.303 e. The topological polar surface area (TPSA) is 76.2 Å². The lowest BCUT2D eigenvalue weighted by Crippen LogP contribution is -1.97. The van der Waals surface area contributed by atoms with Gasteiger partial charge in [0.15, 0.2) is 5.82 Å². The average Bonchev–Trinajstić information content (AvgIpc) is 2.48. The zero-order valence-electron chi connectivity index (χ0n) is 6.78. The van der Waals surface area contributed by atoms with E-state index in [2.05, 4.69) is 10.1 Å². The van der Waals surface area contributed by atoms with E-state index in [-0.39, 0.29) is 6.42 Å². The van der Waals surface area contributed by atoms with Crippen molar-refractivity contribution in [3.05, 3.63) is 11.7 Å². The molecule has 1 aromatic rings. The molecular formula is C7H10N2O3. The van der Waals surface area contributed by atoms with Gasteiger partial charge in [-0.2, -0.15) is 4.98 Å². The molecule has 0 unspecified atom stereocenters. The van der Waals surface area contributed by atoms with Crippen molar-refractivity contribution in [1.29, 1.82) is 0 Å². The van der Waals surface area contributed by atoms with Crippen molar-refractivity contribution in [2.24, 2.45) is 0 Å². The second-order valence-corrected chi connectivity index (χ2v) is 2.35. The maximum absolute atomic E-state index is 10.2. The van der Waals surface area contributed by atoms with Crippen LogP contribution in [0, 0.1) is 0 Å². The average molecular weight is 170 g/mol. The molecule has 66 valence electrons. The number of aliphatic carboxylic acids is 1. The second kappa shape index (κ2) is 3.85. The summed E-state index contributed by atoms with van der Waals surface area (Å²) in [4.78, 5) is 14.1.